The van der Waals surface area contributed by atoms with Crippen molar-refractivity contribution in [1.29, 1.82) is 0 Å². The molecule has 3 nitrogen and oxygen atoms in total. The fraction of sp³-hybridized carbons (Fsp3) is 0.421. The molecule has 116 valence electrons. The quantitative estimate of drug-likeness (QED) is 0.825. The van der Waals surface area contributed by atoms with Crippen LogP contribution in [0.3, 0.4) is 0 Å². The van der Waals surface area contributed by atoms with E-state index in [0.717, 1.165) is 30.0 Å². The minimum atomic E-state index is -0.105. The molecule has 1 saturated carbocycles. The fourth-order valence-electron chi connectivity index (χ4n) is 3.31. The molecule has 0 atom stereocenters. The van der Waals surface area contributed by atoms with Crippen LogP contribution in [0.4, 0.5) is 10.5 Å². The van der Waals surface area contributed by atoms with Gasteiger partial charge in [0.1, 0.15) is 0 Å². The molecule has 0 spiro atoms. The monoisotopic (exact) mass is 296 g/mol. The van der Waals surface area contributed by atoms with E-state index in [1.54, 1.807) is 0 Å². The van der Waals surface area contributed by atoms with Crippen molar-refractivity contribution in [3.05, 3.63) is 42.5 Å². The van der Waals surface area contributed by atoms with Crippen LogP contribution in [-0.2, 0) is 0 Å². The SMILES string of the molecule is O=C(NCCC1CCCCC1)Nc1ccc2ccccc2c1. The zero-order valence-corrected chi connectivity index (χ0v) is 13.0. The molecular formula is C19H24N2O. The molecule has 0 radical (unpaired) electrons. The third-order valence-corrected chi connectivity index (χ3v) is 4.57. The van der Waals surface area contributed by atoms with E-state index in [-0.39, 0.29) is 6.03 Å². The van der Waals surface area contributed by atoms with E-state index in [0.29, 0.717) is 0 Å². The van der Waals surface area contributed by atoms with Gasteiger partial charge in [-0.3, -0.25) is 0 Å². The molecule has 0 aromatic heterocycles. The fourth-order valence-corrected chi connectivity index (χ4v) is 3.31. The van der Waals surface area contributed by atoms with Crippen LogP contribution in [0.15, 0.2) is 42.5 Å². The lowest BCUT2D eigenvalue weighted by molar-refractivity contribution is 0.250. The number of benzene rings is 2. The lowest BCUT2D eigenvalue weighted by Crippen LogP contribution is -2.30. The van der Waals surface area contributed by atoms with Gasteiger partial charge in [-0.25, -0.2) is 4.79 Å². The summed E-state index contributed by atoms with van der Waals surface area (Å²) in [6.45, 7) is 0.768. The minimum absolute atomic E-state index is 0.105. The second kappa shape index (κ2) is 7.30. The number of carbonyl (C=O) groups is 1. The normalized spacial score (nSPS) is 15.6. The number of nitrogens with one attached hydrogen (secondary N) is 2. The Hall–Kier alpha value is -2.03. The second-order valence-electron chi connectivity index (χ2n) is 6.24. The summed E-state index contributed by atoms with van der Waals surface area (Å²) in [6, 6.07) is 14.0. The van der Waals surface area contributed by atoms with Crippen molar-refractivity contribution in [2.24, 2.45) is 5.92 Å². The summed E-state index contributed by atoms with van der Waals surface area (Å²) in [4.78, 5) is 12.0. The van der Waals surface area contributed by atoms with Crippen molar-refractivity contribution >= 4 is 22.5 Å². The Labute approximate surface area is 132 Å². The number of rotatable bonds is 4. The predicted molar refractivity (Wildman–Crippen MR) is 92.2 cm³/mol. The van der Waals surface area contributed by atoms with Crippen LogP contribution in [0, 0.1) is 5.92 Å². The van der Waals surface area contributed by atoms with Gasteiger partial charge in [0.15, 0.2) is 0 Å². The van der Waals surface area contributed by atoms with Crippen molar-refractivity contribution in [3.63, 3.8) is 0 Å². The molecule has 22 heavy (non-hydrogen) atoms. The van der Waals surface area contributed by atoms with Gasteiger partial charge in [-0.05, 0) is 35.2 Å². The summed E-state index contributed by atoms with van der Waals surface area (Å²) in [7, 11) is 0. The van der Waals surface area contributed by atoms with Crippen LogP contribution >= 0.6 is 0 Å². The van der Waals surface area contributed by atoms with E-state index in [4.69, 9.17) is 0 Å². The Morgan fingerprint density at radius 2 is 1.77 bits per heavy atom. The van der Waals surface area contributed by atoms with E-state index >= 15 is 0 Å². The van der Waals surface area contributed by atoms with Crippen molar-refractivity contribution < 1.29 is 4.79 Å². The predicted octanol–water partition coefficient (Wildman–Crippen LogP) is 4.93. The smallest absolute Gasteiger partial charge is 0.319 e. The summed E-state index contributed by atoms with van der Waals surface area (Å²) in [5, 5.41) is 8.23. The third-order valence-electron chi connectivity index (χ3n) is 4.57. The van der Waals surface area contributed by atoms with Gasteiger partial charge in [0.05, 0.1) is 0 Å². The van der Waals surface area contributed by atoms with Crippen molar-refractivity contribution in [2.45, 2.75) is 38.5 Å². The molecule has 1 fully saturated rings. The highest BCUT2D eigenvalue weighted by Gasteiger charge is 2.13. The van der Waals surface area contributed by atoms with E-state index < -0.39 is 0 Å². The van der Waals surface area contributed by atoms with E-state index in [9.17, 15) is 4.79 Å². The molecule has 3 rings (SSSR count). The molecule has 0 saturated heterocycles. The van der Waals surface area contributed by atoms with E-state index in [2.05, 4.69) is 22.8 Å². The first-order valence-corrected chi connectivity index (χ1v) is 8.35. The number of fused-ring (bicyclic) bond motifs is 1. The summed E-state index contributed by atoms with van der Waals surface area (Å²) < 4.78 is 0. The van der Waals surface area contributed by atoms with E-state index in [1.165, 1.54) is 37.5 Å². The Balaban J connectivity index is 1.47. The number of carbonyl (C=O) groups excluding carboxylic acids is 1. The summed E-state index contributed by atoms with van der Waals surface area (Å²) in [6.07, 6.45) is 7.85. The highest BCUT2D eigenvalue weighted by molar-refractivity contribution is 5.93. The molecule has 2 amide bonds. The van der Waals surface area contributed by atoms with Crippen LogP contribution in [0.1, 0.15) is 38.5 Å². The van der Waals surface area contributed by atoms with Gasteiger partial charge in [0.25, 0.3) is 0 Å². The van der Waals surface area contributed by atoms with Crippen LogP contribution in [0.5, 0.6) is 0 Å². The average molecular weight is 296 g/mol. The third kappa shape index (κ3) is 4.00. The highest BCUT2D eigenvalue weighted by atomic mass is 16.2. The summed E-state index contributed by atoms with van der Waals surface area (Å²) in [5.41, 5.74) is 0.842. The Morgan fingerprint density at radius 1 is 1.00 bits per heavy atom. The standard InChI is InChI=1S/C19H24N2O/c22-19(20-13-12-15-6-2-1-3-7-15)21-18-11-10-16-8-4-5-9-17(16)14-18/h4-5,8-11,14-15H,1-3,6-7,12-13H2,(H2,20,21,22). The lowest BCUT2D eigenvalue weighted by Gasteiger charge is -2.21. The van der Waals surface area contributed by atoms with Crippen molar-refractivity contribution in [1.82, 2.24) is 5.32 Å². The molecule has 2 N–H and O–H groups in total. The van der Waals surface area contributed by atoms with E-state index in [1.807, 2.05) is 30.3 Å². The highest BCUT2D eigenvalue weighted by Crippen LogP contribution is 2.25. The zero-order valence-electron chi connectivity index (χ0n) is 13.0. The maximum Gasteiger partial charge on any atom is 0.319 e. The molecule has 0 aliphatic heterocycles. The number of anilines is 1. The maximum absolute atomic E-state index is 12.0. The summed E-state index contributed by atoms with van der Waals surface area (Å²) >= 11 is 0. The molecule has 1 aliphatic carbocycles. The van der Waals surface area contributed by atoms with Gasteiger partial charge in [-0.1, -0.05) is 62.4 Å². The van der Waals surface area contributed by atoms with Gasteiger partial charge in [0, 0.05) is 12.2 Å². The first kappa shape index (κ1) is 14.9. The minimum Gasteiger partial charge on any atom is -0.338 e. The molecular weight excluding hydrogens is 272 g/mol. The lowest BCUT2D eigenvalue weighted by atomic mass is 9.87. The van der Waals surface area contributed by atoms with Gasteiger partial charge in [-0.2, -0.15) is 0 Å². The number of urea groups is 1. The Kier molecular flexibility index (Phi) is 4.94. The van der Waals surface area contributed by atoms with Gasteiger partial charge < -0.3 is 10.6 Å². The second-order valence-corrected chi connectivity index (χ2v) is 6.24. The van der Waals surface area contributed by atoms with Crippen LogP contribution in [0.25, 0.3) is 10.8 Å². The topological polar surface area (TPSA) is 41.1 Å². The average Bonchev–Trinajstić information content (AvgIpc) is 2.56. The van der Waals surface area contributed by atoms with Crippen LogP contribution < -0.4 is 10.6 Å². The van der Waals surface area contributed by atoms with Crippen molar-refractivity contribution in [3.8, 4) is 0 Å². The molecule has 0 heterocycles. The van der Waals surface area contributed by atoms with Crippen molar-refractivity contribution in [2.75, 3.05) is 11.9 Å². The Bertz CT molecular complexity index is 632. The molecule has 3 heteroatoms. The number of hydrogen-bond donors (Lipinski definition) is 2. The molecule has 1 aliphatic rings. The van der Waals surface area contributed by atoms with Crippen LogP contribution in [-0.4, -0.2) is 12.6 Å². The maximum atomic E-state index is 12.0. The van der Waals surface area contributed by atoms with Crippen LogP contribution in [0.2, 0.25) is 0 Å². The molecule has 0 bridgehead atoms. The molecule has 2 aromatic carbocycles. The summed E-state index contributed by atoms with van der Waals surface area (Å²) in [5.74, 6) is 0.801. The largest absolute Gasteiger partial charge is 0.338 e. The number of amides is 2. The Morgan fingerprint density at radius 3 is 2.59 bits per heavy atom. The number of hydrogen-bond acceptors (Lipinski definition) is 1. The first-order chi connectivity index (χ1) is 10.8. The van der Waals surface area contributed by atoms with Gasteiger partial charge >= 0.3 is 6.03 Å². The van der Waals surface area contributed by atoms with Gasteiger partial charge in [-0.15, -0.1) is 0 Å². The first-order valence-electron chi connectivity index (χ1n) is 8.35. The molecule has 0 unspecified atom stereocenters. The molecule has 2 aromatic rings. The zero-order chi connectivity index (χ0) is 15.2. The van der Waals surface area contributed by atoms with Gasteiger partial charge in [0.2, 0.25) is 0 Å².